The fraction of sp³-hybridized carbons (Fsp3) is 0.458. The summed E-state index contributed by atoms with van der Waals surface area (Å²) in [5.41, 5.74) is 1.52. The van der Waals surface area contributed by atoms with Gasteiger partial charge in [-0.05, 0) is 38.3 Å². The summed E-state index contributed by atoms with van der Waals surface area (Å²) in [5.74, 6) is 0. The van der Waals surface area contributed by atoms with E-state index in [-0.39, 0.29) is 11.5 Å². The highest BCUT2D eigenvalue weighted by Gasteiger charge is 2.56. The highest BCUT2D eigenvalue weighted by Crippen LogP contribution is 2.47. The lowest BCUT2D eigenvalue weighted by Gasteiger charge is -2.22. The van der Waals surface area contributed by atoms with Gasteiger partial charge < -0.3 is 19.5 Å². The molecule has 1 amide bonds. The number of hydrogen-bond acceptors (Lipinski definition) is 4. The molecule has 1 atom stereocenters. The van der Waals surface area contributed by atoms with Crippen LogP contribution in [0.15, 0.2) is 60.7 Å². The van der Waals surface area contributed by atoms with Crippen molar-refractivity contribution in [3.05, 3.63) is 71.8 Å². The molecular weight excluding hydrogens is 366 g/mol. The summed E-state index contributed by atoms with van der Waals surface area (Å²) in [4.78, 5) is 12.2. The lowest BCUT2D eigenvalue weighted by molar-refractivity contribution is 0.00951. The molecule has 0 spiro atoms. The third-order valence-corrected chi connectivity index (χ3v) is 4.88. The van der Waals surface area contributed by atoms with Crippen LogP contribution in [-0.4, -0.2) is 30.9 Å². The molecule has 0 aliphatic heterocycles. The third-order valence-electron chi connectivity index (χ3n) is 4.88. The van der Waals surface area contributed by atoms with Crippen LogP contribution in [0.3, 0.4) is 0 Å². The molecule has 0 saturated heterocycles. The van der Waals surface area contributed by atoms with Crippen molar-refractivity contribution in [1.29, 1.82) is 0 Å². The summed E-state index contributed by atoms with van der Waals surface area (Å²) in [6.07, 6.45) is 0.422. The van der Waals surface area contributed by atoms with Crippen LogP contribution in [0, 0.1) is 5.41 Å². The van der Waals surface area contributed by atoms with Gasteiger partial charge in [-0.15, -0.1) is 0 Å². The van der Waals surface area contributed by atoms with Crippen LogP contribution in [0.4, 0.5) is 4.79 Å². The van der Waals surface area contributed by atoms with Crippen LogP contribution in [0.5, 0.6) is 0 Å². The Bertz CT molecular complexity index is 725. The molecule has 1 saturated carbocycles. The molecule has 0 bridgehead atoms. The number of benzene rings is 2. The summed E-state index contributed by atoms with van der Waals surface area (Å²) in [6.45, 7) is 7.71. The van der Waals surface area contributed by atoms with Crippen molar-refractivity contribution < 1.29 is 19.0 Å². The van der Waals surface area contributed by atoms with E-state index in [2.05, 4.69) is 5.32 Å². The standard InChI is InChI=1S/C24H31NO4/c1-23(2,3)29-22(26)25-21-14-24(21,17-27-15-19-10-6-4-7-11-19)18-28-16-20-12-8-5-9-13-20/h4-13,21H,14-18H2,1-3H3,(H,25,26). The van der Waals surface area contributed by atoms with E-state index < -0.39 is 11.7 Å². The number of amides is 1. The number of alkyl carbamates (subject to hydrolysis) is 1. The molecule has 3 rings (SSSR count). The fourth-order valence-corrected chi connectivity index (χ4v) is 3.26. The quantitative estimate of drug-likeness (QED) is 0.666. The monoisotopic (exact) mass is 397 g/mol. The Labute approximate surface area is 173 Å². The zero-order valence-corrected chi connectivity index (χ0v) is 17.5. The summed E-state index contributed by atoms with van der Waals surface area (Å²) < 4.78 is 17.4. The largest absolute Gasteiger partial charge is 0.444 e. The van der Waals surface area contributed by atoms with Gasteiger partial charge in [-0.2, -0.15) is 0 Å². The van der Waals surface area contributed by atoms with Gasteiger partial charge in [0.1, 0.15) is 5.60 Å². The molecule has 0 radical (unpaired) electrons. The molecule has 156 valence electrons. The van der Waals surface area contributed by atoms with E-state index in [1.807, 2.05) is 81.4 Å². The molecule has 1 aliphatic carbocycles. The average Bonchev–Trinajstić information content (AvgIpc) is 3.33. The summed E-state index contributed by atoms with van der Waals surface area (Å²) >= 11 is 0. The molecule has 1 unspecified atom stereocenters. The van der Waals surface area contributed by atoms with Crippen molar-refractivity contribution in [3.8, 4) is 0 Å². The van der Waals surface area contributed by atoms with Crippen molar-refractivity contribution >= 4 is 6.09 Å². The number of nitrogens with one attached hydrogen (secondary N) is 1. The number of hydrogen-bond donors (Lipinski definition) is 1. The van der Waals surface area contributed by atoms with Crippen molar-refractivity contribution in [1.82, 2.24) is 5.32 Å². The highest BCUT2D eigenvalue weighted by atomic mass is 16.6. The first-order valence-corrected chi connectivity index (χ1v) is 10.1. The van der Waals surface area contributed by atoms with Gasteiger partial charge in [-0.3, -0.25) is 0 Å². The Kier molecular flexibility index (Phi) is 6.93. The molecule has 1 aliphatic rings. The van der Waals surface area contributed by atoms with Crippen LogP contribution < -0.4 is 5.32 Å². The molecule has 29 heavy (non-hydrogen) atoms. The van der Waals surface area contributed by atoms with Gasteiger partial charge >= 0.3 is 6.09 Å². The second kappa shape index (κ2) is 9.42. The van der Waals surface area contributed by atoms with Crippen molar-refractivity contribution in [3.63, 3.8) is 0 Å². The number of carbonyl (C=O) groups excluding carboxylic acids is 1. The molecule has 2 aromatic rings. The summed E-state index contributed by atoms with van der Waals surface area (Å²) in [6, 6.07) is 20.1. The Hall–Kier alpha value is -2.37. The van der Waals surface area contributed by atoms with Crippen LogP contribution in [0.25, 0.3) is 0 Å². The Balaban J connectivity index is 1.53. The van der Waals surface area contributed by atoms with Gasteiger partial charge in [-0.25, -0.2) is 4.79 Å². The van der Waals surface area contributed by atoms with Gasteiger partial charge in [-0.1, -0.05) is 60.7 Å². The summed E-state index contributed by atoms with van der Waals surface area (Å²) in [7, 11) is 0. The molecule has 1 fully saturated rings. The minimum absolute atomic E-state index is 0.0103. The normalized spacial score (nSPS) is 17.6. The molecule has 5 nitrogen and oxygen atoms in total. The minimum Gasteiger partial charge on any atom is -0.444 e. The van der Waals surface area contributed by atoms with E-state index in [9.17, 15) is 4.79 Å². The minimum atomic E-state index is -0.519. The molecule has 5 heteroatoms. The van der Waals surface area contributed by atoms with E-state index in [0.29, 0.717) is 26.4 Å². The van der Waals surface area contributed by atoms with Crippen LogP contribution in [0.2, 0.25) is 0 Å². The Morgan fingerprint density at radius 1 is 0.931 bits per heavy atom. The molecular formula is C24H31NO4. The molecule has 2 aromatic carbocycles. The Morgan fingerprint density at radius 2 is 1.41 bits per heavy atom. The first kappa shape index (κ1) is 21.3. The number of ether oxygens (including phenoxy) is 3. The van der Waals surface area contributed by atoms with E-state index in [4.69, 9.17) is 14.2 Å². The van der Waals surface area contributed by atoms with Crippen molar-refractivity contribution in [2.24, 2.45) is 5.41 Å². The predicted molar refractivity (Wildman–Crippen MR) is 112 cm³/mol. The maximum Gasteiger partial charge on any atom is 0.407 e. The molecule has 0 heterocycles. The third kappa shape index (κ3) is 6.87. The first-order chi connectivity index (χ1) is 13.9. The second-order valence-corrected chi connectivity index (χ2v) is 8.72. The van der Waals surface area contributed by atoms with Gasteiger partial charge in [0.25, 0.3) is 0 Å². The summed E-state index contributed by atoms with van der Waals surface area (Å²) in [5, 5.41) is 2.98. The van der Waals surface area contributed by atoms with E-state index in [0.717, 1.165) is 17.5 Å². The SMILES string of the molecule is CC(C)(C)OC(=O)NC1CC1(COCc1ccccc1)COCc1ccccc1. The predicted octanol–water partition coefficient (Wildman–Crippen LogP) is 4.70. The first-order valence-electron chi connectivity index (χ1n) is 10.1. The highest BCUT2D eigenvalue weighted by molar-refractivity contribution is 5.68. The van der Waals surface area contributed by atoms with Crippen LogP contribution in [-0.2, 0) is 27.4 Å². The number of rotatable bonds is 9. The van der Waals surface area contributed by atoms with Gasteiger partial charge in [0.2, 0.25) is 0 Å². The van der Waals surface area contributed by atoms with Crippen molar-refractivity contribution in [2.75, 3.05) is 13.2 Å². The van der Waals surface area contributed by atoms with Crippen LogP contribution in [0.1, 0.15) is 38.3 Å². The number of carbonyl (C=O) groups is 1. The molecule has 0 aromatic heterocycles. The average molecular weight is 398 g/mol. The fourth-order valence-electron chi connectivity index (χ4n) is 3.26. The lowest BCUT2D eigenvalue weighted by atomic mass is 10.1. The smallest absolute Gasteiger partial charge is 0.407 e. The van der Waals surface area contributed by atoms with E-state index in [1.165, 1.54) is 0 Å². The zero-order chi connectivity index (χ0) is 20.7. The topological polar surface area (TPSA) is 56.8 Å². The Morgan fingerprint density at radius 3 is 1.86 bits per heavy atom. The molecule has 1 N–H and O–H groups in total. The van der Waals surface area contributed by atoms with Gasteiger partial charge in [0.15, 0.2) is 0 Å². The van der Waals surface area contributed by atoms with Crippen molar-refractivity contribution in [2.45, 2.75) is 52.0 Å². The maximum atomic E-state index is 12.2. The lowest BCUT2D eigenvalue weighted by Crippen LogP contribution is -2.37. The second-order valence-electron chi connectivity index (χ2n) is 8.72. The van der Waals surface area contributed by atoms with Gasteiger partial charge in [0, 0.05) is 11.5 Å². The van der Waals surface area contributed by atoms with Gasteiger partial charge in [0.05, 0.1) is 26.4 Å². The van der Waals surface area contributed by atoms with E-state index in [1.54, 1.807) is 0 Å². The maximum absolute atomic E-state index is 12.2. The van der Waals surface area contributed by atoms with Crippen LogP contribution >= 0.6 is 0 Å². The zero-order valence-electron chi connectivity index (χ0n) is 17.5. The van der Waals surface area contributed by atoms with E-state index >= 15 is 0 Å².